The Balaban J connectivity index is 1.44. The van der Waals surface area contributed by atoms with E-state index in [1.54, 1.807) is 0 Å². The van der Waals surface area contributed by atoms with Crippen molar-refractivity contribution in [3.8, 4) is 0 Å². The molecular formula is C18H24N4O3. The first-order chi connectivity index (χ1) is 12.0. The monoisotopic (exact) mass is 344 g/mol. The van der Waals surface area contributed by atoms with E-state index < -0.39 is 0 Å². The van der Waals surface area contributed by atoms with Gasteiger partial charge in [-0.1, -0.05) is 12.2 Å². The maximum absolute atomic E-state index is 12.3. The molecule has 1 saturated heterocycles. The summed E-state index contributed by atoms with van der Waals surface area (Å²) in [5.41, 5.74) is 2.07. The highest BCUT2D eigenvalue weighted by atomic mass is 16.2. The summed E-state index contributed by atoms with van der Waals surface area (Å²) in [5.74, 6) is -1.27. The number of likely N-dealkylation sites (tertiary alicyclic amines) is 1. The van der Waals surface area contributed by atoms with E-state index in [1.165, 1.54) is 0 Å². The molecule has 0 saturated carbocycles. The number of aromatic nitrogens is 2. The Kier molecular flexibility index (Phi) is 5.01. The van der Waals surface area contributed by atoms with Gasteiger partial charge in [-0.2, -0.15) is 5.10 Å². The normalized spacial score (nSPS) is 22.4. The number of rotatable bonds is 6. The molecule has 2 heterocycles. The fourth-order valence-electron chi connectivity index (χ4n) is 3.58. The summed E-state index contributed by atoms with van der Waals surface area (Å²) in [7, 11) is 0. The second kappa shape index (κ2) is 7.21. The van der Waals surface area contributed by atoms with Crippen LogP contribution in [0.4, 0.5) is 0 Å². The highest BCUT2D eigenvalue weighted by Gasteiger charge is 2.47. The minimum Gasteiger partial charge on any atom is -0.354 e. The number of allylic oxidation sites excluding steroid dienone is 2. The summed E-state index contributed by atoms with van der Waals surface area (Å²) in [6.45, 7) is 4.98. The number of nitrogens with zero attached hydrogens (tertiary/aromatic N) is 3. The number of carbonyl (C=O) groups is 3. The highest BCUT2D eigenvalue weighted by molar-refractivity contribution is 6.07. The van der Waals surface area contributed by atoms with Crippen molar-refractivity contribution in [1.29, 1.82) is 0 Å². The zero-order valence-electron chi connectivity index (χ0n) is 14.7. The molecule has 1 fully saturated rings. The Bertz CT molecular complexity index is 696. The fourth-order valence-corrected chi connectivity index (χ4v) is 3.58. The lowest BCUT2D eigenvalue weighted by atomic mass is 9.85. The zero-order chi connectivity index (χ0) is 18.0. The lowest BCUT2D eigenvalue weighted by Gasteiger charge is -2.14. The lowest BCUT2D eigenvalue weighted by Crippen LogP contribution is -2.41. The molecule has 7 nitrogen and oxygen atoms in total. The van der Waals surface area contributed by atoms with Gasteiger partial charge in [0.2, 0.25) is 17.7 Å². The van der Waals surface area contributed by atoms with Gasteiger partial charge >= 0.3 is 0 Å². The third-order valence-electron chi connectivity index (χ3n) is 4.87. The molecule has 0 aromatic carbocycles. The predicted molar refractivity (Wildman–Crippen MR) is 91.4 cm³/mol. The molecule has 25 heavy (non-hydrogen) atoms. The fraction of sp³-hybridized carbons (Fsp3) is 0.556. The van der Waals surface area contributed by atoms with Crippen molar-refractivity contribution in [2.75, 3.05) is 13.1 Å². The third-order valence-corrected chi connectivity index (χ3v) is 4.87. The molecule has 1 aliphatic heterocycles. The molecule has 1 aliphatic carbocycles. The van der Waals surface area contributed by atoms with Gasteiger partial charge in [0, 0.05) is 18.8 Å². The van der Waals surface area contributed by atoms with Crippen LogP contribution < -0.4 is 5.32 Å². The van der Waals surface area contributed by atoms with E-state index in [9.17, 15) is 14.4 Å². The van der Waals surface area contributed by atoms with Gasteiger partial charge in [-0.15, -0.1) is 0 Å². The van der Waals surface area contributed by atoms with E-state index in [0.29, 0.717) is 19.4 Å². The van der Waals surface area contributed by atoms with Crippen LogP contribution in [0.25, 0.3) is 0 Å². The van der Waals surface area contributed by atoms with Crippen LogP contribution in [0, 0.1) is 25.7 Å². The third kappa shape index (κ3) is 3.65. The maximum atomic E-state index is 12.3. The van der Waals surface area contributed by atoms with E-state index in [2.05, 4.69) is 10.4 Å². The number of imide groups is 1. The van der Waals surface area contributed by atoms with Crippen molar-refractivity contribution < 1.29 is 14.4 Å². The summed E-state index contributed by atoms with van der Waals surface area (Å²) >= 11 is 0. The molecule has 2 aliphatic rings. The van der Waals surface area contributed by atoms with Crippen LogP contribution in [0.15, 0.2) is 18.2 Å². The van der Waals surface area contributed by atoms with Crippen molar-refractivity contribution >= 4 is 17.7 Å². The second-order valence-corrected chi connectivity index (χ2v) is 6.77. The van der Waals surface area contributed by atoms with Crippen molar-refractivity contribution in [2.45, 2.75) is 39.7 Å². The molecule has 7 heteroatoms. The Hall–Kier alpha value is -2.44. The summed E-state index contributed by atoms with van der Waals surface area (Å²) in [6, 6.07) is 2.01. The Morgan fingerprint density at radius 2 is 1.84 bits per heavy atom. The predicted octanol–water partition coefficient (Wildman–Crippen LogP) is 0.957. The zero-order valence-corrected chi connectivity index (χ0v) is 14.7. The minimum absolute atomic E-state index is 0.176. The van der Waals surface area contributed by atoms with Gasteiger partial charge in [-0.25, -0.2) is 0 Å². The van der Waals surface area contributed by atoms with Gasteiger partial charge in [0.15, 0.2) is 0 Å². The molecule has 2 atom stereocenters. The van der Waals surface area contributed by atoms with E-state index in [-0.39, 0.29) is 36.1 Å². The highest BCUT2D eigenvalue weighted by Crippen LogP contribution is 2.34. The van der Waals surface area contributed by atoms with E-state index >= 15 is 0 Å². The van der Waals surface area contributed by atoms with Crippen LogP contribution in [0.5, 0.6) is 0 Å². The minimum atomic E-state index is -0.290. The van der Waals surface area contributed by atoms with Crippen LogP contribution in [0.3, 0.4) is 0 Å². The van der Waals surface area contributed by atoms with Crippen LogP contribution in [-0.2, 0) is 20.9 Å². The van der Waals surface area contributed by atoms with Gasteiger partial charge in [0.1, 0.15) is 6.54 Å². The van der Waals surface area contributed by atoms with Crippen molar-refractivity contribution in [3.05, 3.63) is 29.6 Å². The van der Waals surface area contributed by atoms with Crippen LogP contribution >= 0.6 is 0 Å². The molecule has 1 N–H and O–H groups in total. The molecule has 3 amide bonds. The number of amides is 3. The molecular weight excluding hydrogens is 320 g/mol. The number of nitrogens with one attached hydrogen (secondary N) is 1. The van der Waals surface area contributed by atoms with Gasteiger partial charge in [-0.05, 0) is 39.2 Å². The Labute approximate surface area is 147 Å². The number of hydrogen-bond acceptors (Lipinski definition) is 4. The maximum Gasteiger partial charge on any atom is 0.240 e. The molecule has 0 bridgehead atoms. The van der Waals surface area contributed by atoms with E-state index in [0.717, 1.165) is 29.3 Å². The first-order valence-corrected chi connectivity index (χ1v) is 8.75. The second-order valence-electron chi connectivity index (χ2n) is 6.77. The first-order valence-electron chi connectivity index (χ1n) is 8.75. The number of carbonyl (C=O) groups excluding carboxylic acids is 3. The van der Waals surface area contributed by atoms with Gasteiger partial charge in [0.25, 0.3) is 0 Å². The molecule has 0 radical (unpaired) electrons. The smallest absolute Gasteiger partial charge is 0.240 e. The Morgan fingerprint density at radius 1 is 1.20 bits per heavy atom. The van der Waals surface area contributed by atoms with E-state index in [4.69, 9.17) is 0 Å². The van der Waals surface area contributed by atoms with Crippen molar-refractivity contribution in [1.82, 2.24) is 20.0 Å². The number of hydrogen-bond donors (Lipinski definition) is 1. The molecule has 1 aromatic heterocycles. The standard InChI is InChI=1S/C18H24N4O3/c1-12-10-13(2)22(20-12)9-5-8-19-16(23)11-21-17(24)14-6-3-4-7-15(14)18(21)25/h3-4,10,14-15H,5-9,11H2,1-2H3,(H,19,23). The molecule has 2 unspecified atom stereocenters. The molecule has 134 valence electrons. The van der Waals surface area contributed by atoms with Crippen molar-refractivity contribution in [2.24, 2.45) is 11.8 Å². The van der Waals surface area contributed by atoms with Gasteiger partial charge in [-0.3, -0.25) is 24.0 Å². The SMILES string of the molecule is Cc1cc(C)n(CCCNC(=O)CN2C(=O)C3CC=CCC3C2=O)n1. The summed E-state index contributed by atoms with van der Waals surface area (Å²) < 4.78 is 1.91. The first kappa shape index (κ1) is 17.4. The van der Waals surface area contributed by atoms with Crippen LogP contribution in [-0.4, -0.2) is 45.5 Å². The van der Waals surface area contributed by atoms with Gasteiger partial charge in [0.05, 0.1) is 17.5 Å². The number of fused-ring (bicyclic) bond motifs is 1. The van der Waals surface area contributed by atoms with Crippen molar-refractivity contribution in [3.63, 3.8) is 0 Å². The quantitative estimate of drug-likeness (QED) is 0.473. The van der Waals surface area contributed by atoms with Crippen LogP contribution in [0.1, 0.15) is 30.7 Å². The molecule has 1 aromatic rings. The van der Waals surface area contributed by atoms with Gasteiger partial charge < -0.3 is 5.32 Å². The molecule has 3 rings (SSSR count). The van der Waals surface area contributed by atoms with Crippen LogP contribution in [0.2, 0.25) is 0 Å². The summed E-state index contributed by atoms with van der Waals surface area (Å²) in [5, 5.41) is 7.16. The average molecular weight is 344 g/mol. The summed E-state index contributed by atoms with van der Waals surface area (Å²) in [4.78, 5) is 37.8. The molecule has 0 spiro atoms. The van der Waals surface area contributed by atoms with E-state index in [1.807, 2.05) is 36.7 Å². The summed E-state index contributed by atoms with van der Waals surface area (Å²) in [6.07, 6.45) is 5.81. The average Bonchev–Trinajstić information content (AvgIpc) is 3.03. The Morgan fingerprint density at radius 3 is 2.40 bits per heavy atom. The largest absolute Gasteiger partial charge is 0.354 e. The lowest BCUT2D eigenvalue weighted by molar-refractivity contribution is -0.143. The number of aryl methyl sites for hydroxylation is 3. The topological polar surface area (TPSA) is 84.3 Å².